The minimum atomic E-state index is -0.627. The third-order valence-electron chi connectivity index (χ3n) is 4.75. The Hall–Kier alpha value is -2.70. The Labute approximate surface area is 156 Å². The van der Waals surface area contributed by atoms with Crippen molar-refractivity contribution in [3.05, 3.63) is 59.4 Å². The van der Waals surface area contributed by atoms with Crippen molar-refractivity contribution < 1.29 is 23.1 Å². The van der Waals surface area contributed by atoms with Crippen molar-refractivity contribution in [2.75, 3.05) is 20.3 Å². The molecule has 2 heterocycles. The van der Waals surface area contributed by atoms with Gasteiger partial charge >= 0.3 is 5.97 Å². The van der Waals surface area contributed by atoms with Crippen LogP contribution in [-0.4, -0.2) is 32.3 Å². The van der Waals surface area contributed by atoms with E-state index in [0.29, 0.717) is 22.8 Å². The van der Waals surface area contributed by atoms with Gasteiger partial charge in [-0.3, -0.25) is 0 Å². The molecule has 0 spiro atoms. The summed E-state index contributed by atoms with van der Waals surface area (Å²) in [6.07, 6.45) is 1.04. The topological polar surface area (TPSA) is 60.7 Å². The predicted octanol–water partition coefficient (Wildman–Crippen LogP) is 3.90. The Morgan fingerprint density at radius 2 is 2.07 bits per heavy atom. The molecule has 5 nitrogen and oxygen atoms in total. The van der Waals surface area contributed by atoms with Crippen LogP contribution in [0.4, 0.5) is 4.39 Å². The smallest absolute Gasteiger partial charge is 0.341 e. The molecule has 1 aliphatic heterocycles. The minimum Gasteiger partial charge on any atom is -0.465 e. The number of carbonyl (C=O) groups is 1. The van der Waals surface area contributed by atoms with E-state index in [4.69, 9.17) is 13.9 Å². The summed E-state index contributed by atoms with van der Waals surface area (Å²) in [4.78, 5) is 11.9. The van der Waals surface area contributed by atoms with Crippen molar-refractivity contribution in [2.45, 2.75) is 19.0 Å². The summed E-state index contributed by atoms with van der Waals surface area (Å²) in [5.74, 6) is -0.560. The van der Waals surface area contributed by atoms with Gasteiger partial charge in [0.15, 0.2) is 0 Å². The average molecular weight is 369 g/mol. The fraction of sp³-hybridized carbons (Fsp3) is 0.286. The summed E-state index contributed by atoms with van der Waals surface area (Å²) in [5, 5.41) is 4.00. The first kappa shape index (κ1) is 17.7. The normalized spacial score (nSPS) is 16.7. The average Bonchev–Trinajstić information content (AvgIpc) is 3.35. The van der Waals surface area contributed by atoms with Crippen molar-refractivity contribution in [3.63, 3.8) is 0 Å². The highest BCUT2D eigenvalue weighted by atomic mass is 19.1. The third-order valence-corrected chi connectivity index (χ3v) is 4.75. The van der Waals surface area contributed by atoms with Crippen LogP contribution >= 0.6 is 0 Å². The van der Waals surface area contributed by atoms with Gasteiger partial charge in [0.2, 0.25) is 0 Å². The maximum Gasteiger partial charge on any atom is 0.341 e. The molecule has 0 unspecified atom stereocenters. The van der Waals surface area contributed by atoms with E-state index in [9.17, 15) is 9.18 Å². The number of benzene rings is 2. The number of fused-ring (bicyclic) bond motifs is 1. The van der Waals surface area contributed by atoms with E-state index in [-0.39, 0.29) is 5.56 Å². The summed E-state index contributed by atoms with van der Waals surface area (Å²) in [7, 11) is 1.26. The van der Waals surface area contributed by atoms with Gasteiger partial charge in [0, 0.05) is 30.1 Å². The molecular weight excluding hydrogens is 349 g/mol. The van der Waals surface area contributed by atoms with E-state index in [1.165, 1.54) is 13.2 Å². The molecule has 0 amide bonds. The molecule has 0 aliphatic carbocycles. The molecule has 4 rings (SSSR count). The lowest BCUT2D eigenvalue weighted by atomic mass is 10.1. The van der Waals surface area contributed by atoms with Gasteiger partial charge in [-0.15, -0.1) is 0 Å². The van der Waals surface area contributed by atoms with Crippen LogP contribution in [0.3, 0.4) is 0 Å². The van der Waals surface area contributed by atoms with Crippen molar-refractivity contribution in [2.24, 2.45) is 0 Å². The van der Waals surface area contributed by atoms with Gasteiger partial charge in [0.25, 0.3) is 0 Å². The predicted molar refractivity (Wildman–Crippen MR) is 99.0 cm³/mol. The molecule has 1 fully saturated rings. The van der Waals surface area contributed by atoms with E-state index in [1.807, 2.05) is 24.3 Å². The second-order valence-corrected chi connectivity index (χ2v) is 6.61. The van der Waals surface area contributed by atoms with E-state index in [1.54, 1.807) is 6.07 Å². The molecule has 1 saturated heterocycles. The molecule has 3 aromatic rings. The number of esters is 1. The van der Waals surface area contributed by atoms with Crippen molar-refractivity contribution >= 4 is 16.9 Å². The zero-order chi connectivity index (χ0) is 18.8. The zero-order valence-corrected chi connectivity index (χ0v) is 15.0. The number of halogens is 1. The molecule has 6 heteroatoms. The monoisotopic (exact) mass is 369 g/mol. The van der Waals surface area contributed by atoms with E-state index < -0.39 is 11.8 Å². The molecule has 140 valence electrons. The molecule has 27 heavy (non-hydrogen) atoms. The number of nitrogens with one attached hydrogen (secondary N) is 1. The van der Waals surface area contributed by atoms with Gasteiger partial charge in [-0.2, -0.15) is 0 Å². The Morgan fingerprint density at radius 1 is 1.26 bits per heavy atom. The van der Waals surface area contributed by atoms with Crippen LogP contribution in [0.2, 0.25) is 0 Å². The van der Waals surface area contributed by atoms with E-state index in [0.717, 1.165) is 43.4 Å². The van der Waals surface area contributed by atoms with Crippen LogP contribution in [-0.2, 0) is 16.0 Å². The standard InChI is InChI=1S/C21H20FNO4/c1-25-21(24)18-10-16(22)8-15-9-19(27-20(15)18)14-4-2-13(3-5-14)11-23-17-6-7-26-12-17/h2-5,8-10,17,23H,6-7,11-12H2,1H3/t17-/m1/s1. The van der Waals surface area contributed by atoms with Gasteiger partial charge in [0.1, 0.15) is 22.7 Å². The summed E-state index contributed by atoms with van der Waals surface area (Å²) >= 11 is 0. The molecule has 1 aliphatic rings. The zero-order valence-electron chi connectivity index (χ0n) is 15.0. The van der Waals surface area contributed by atoms with Crippen LogP contribution in [0.1, 0.15) is 22.3 Å². The molecule has 0 radical (unpaired) electrons. The van der Waals surface area contributed by atoms with Gasteiger partial charge in [0.05, 0.1) is 13.7 Å². The summed E-state index contributed by atoms with van der Waals surface area (Å²) < 4.78 is 29.7. The molecular formula is C21H20FNO4. The number of carbonyl (C=O) groups excluding carboxylic acids is 1. The lowest BCUT2D eigenvalue weighted by Gasteiger charge is -2.10. The number of furan rings is 1. The van der Waals surface area contributed by atoms with Gasteiger partial charge in [-0.05, 0) is 30.2 Å². The fourth-order valence-corrected chi connectivity index (χ4v) is 3.26. The maximum absolute atomic E-state index is 13.8. The number of ether oxygens (including phenoxy) is 2. The number of hydrogen-bond donors (Lipinski definition) is 1. The Kier molecular flexibility index (Phi) is 4.92. The maximum atomic E-state index is 13.8. The SMILES string of the molecule is COC(=O)c1cc(F)cc2cc(-c3ccc(CN[C@@H]4CCOC4)cc3)oc12. The Balaban J connectivity index is 1.57. The highest BCUT2D eigenvalue weighted by Gasteiger charge is 2.18. The van der Waals surface area contributed by atoms with Crippen LogP contribution < -0.4 is 5.32 Å². The first-order valence-corrected chi connectivity index (χ1v) is 8.86. The second-order valence-electron chi connectivity index (χ2n) is 6.61. The molecule has 0 bridgehead atoms. The first-order valence-electron chi connectivity index (χ1n) is 8.86. The number of rotatable bonds is 5. The van der Waals surface area contributed by atoms with Crippen LogP contribution in [0.25, 0.3) is 22.3 Å². The highest BCUT2D eigenvalue weighted by molar-refractivity contribution is 6.03. The number of hydrogen-bond acceptors (Lipinski definition) is 5. The minimum absolute atomic E-state index is 0.0818. The summed E-state index contributed by atoms with van der Waals surface area (Å²) in [6.45, 7) is 2.35. The molecule has 0 saturated carbocycles. The Bertz CT molecular complexity index is 958. The number of methoxy groups -OCH3 is 1. The lowest BCUT2D eigenvalue weighted by molar-refractivity contribution is 0.0601. The summed E-state index contributed by atoms with van der Waals surface area (Å²) in [6, 6.07) is 12.6. The third kappa shape index (κ3) is 3.72. The fourth-order valence-electron chi connectivity index (χ4n) is 3.26. The van der Waals surface area contributed by atoms with Crippen LogP contribution in [0, 0.1) is 5.82 Å². The molecule has 2 aromatic carbocycles. The lowest BCUT2D eigenvalue weighted by Crippen LogP contribution is -2.28. The first-order chi connectivity index (χ1) is 13.1. The van der Waals surface area contributed by atoms with Crippen LogP contribution in [0.15, 0.2) is 46.9 Å². The van der Waals surface area contributed by atoms with Gasteiger partial charge in [-0.25, -0.2) is 9.18 Å². The van der Waals surface area contributed by atoms with Gasteiger partial charge < -0.3 is 19.2 Å². The largest absolute Gasteiger partial charge is 0.465 e. The highest BCUT2D eigenvalue weighted by Crippen LogP contribution is 2.31. The van der Waals surface area contributed by atoms with Crippen molar-refractivity contribution in [1.82, 2.24) is 5.32 Å². The van der Waals surface area contributed by atoms with Gasteiger partial charge in [-0.1, -0.05) is 24.3 Å². The van der Waals surface area contributed by atoms with E-state index in [2.05, 4.69) is 5.32 Å². The molecule has 1 atom stereocenters. The van der Waals surface area contributed by atoms with Crippen molar-refractivity contribution in [1.29, 1.82) is 0 Å². The molecule has 1 aromatic heterocycles. The second kappa shape index (κ2) is 7.50. The Morgan fingerprint density at radius 3 is 2.78 bits per heavy atom. The molecule has 1 N–H and O–H groups in total. The van der Waals surface area contributed by atoms with Crippen LogP contribution in [0.5, 0.6) is 0 Å². The summed E-state index contributed by atoms with van der Waals surface area (Å²) in [5.41, 5.74) is 2.42. The van der Waals surface area contributed by atoms with E-state index >= 15 is 0 Å². The quantitative estimate of drug-likeness (QED) is 0.691. The van der Waals surface area contributed by atoms with Crippen molar-refractivity contribution in [3.8, 4) is 11.3 Å².